The number of rotatable bonds is 3. The lowest BCUT2D eigenvalue weighted by Gasteiger charge is -2.15. The molecule has 0 spiro atoms. The summed E-state index contributed by atoms with van der Waals surface area (Å²) in [6.45, 7) is 3.48. The van der Waals surface area contributed by atoms with Gasteiger partial charge in [0, 0.05) is 12.0 Å². The molecule has 0 unspecified atom stereocenters. The van der Waals surface area contributed by atoms with Crippen molar-refractivity contribution in [3.05, 3.63) is 0 Å². The highest BCUT2D eigenvalue weighted by Gasteiger charge is 2.16. The van der Waals surface area contributed by atoms with Crippen LogP contribution >= 0.6 is 0 Å². The van der Waals surface area contributed by atoms with Gasteiger partial charge in [0.2, 0.25) is 0 Å². The van der Waals surface area contributed by atoms with Crippen LogP contribution in [0.25, 0.3) is 0 Å². The van der Waals surface area contributed by atoms with E-state index in [2.05, 4.69) is 5.32 Å². The van der Waals surface area contributed by atoms with Crippen LogP contribution in [0.15, 0.2) is 0 Å². The minimum Gasteiger partial charge on any atom is -0.465 e. The lowest BCUT2D eigenvalue weighted by atomic mass is 9.96. The summed E-state index contributed by atoms with van der Waals surface area (Å²) < 4.78 is 0. The molecule has 1 amide bonds. The molecule has 0 radical (unpaired) electrons. The van der Waals surface area contributed by atoms with Crippen LogP contribution < -0.4 is 5.32 Å². The molecule has 10 heavy (non-hydrogen) atoms. The highest BCUT2D eigenvalue weighted by atomic mass is 16.4. The van der Waals surface area contributed by atoms with Gasteiger partial charge >= 0.3 is 6.09 Å². The molecule has 0 bridgehead atoms. The van der Waals surface area contributed by atoms with E-state index in [9.17, 15) is 9.59 Å². The van der Waals surface area contributed by atoms with Crippen LogP contribution in [-0.4, -0.2) is 24.0 Å². The Morgan fingerprint density at radius 3 is 2.50 bits per heavy atom. The minimum absolute atomic E-state index is 0.159. The number of carboxylic acid groups (broad SMARTS) is 1. The second-order valence-electron chi connectivity index (χ2n) is 2.77. The Morgan fingerprint density at radius 2 is 2.20 bits per heavy atom. The van der Waals surface area contributed by atoms with Crippen LogP contribution in [0.5, 0.6) is 0 Å². The zero-order valence-electron chi connectivity index (χ0n) is 6.05. The predicted octanol–water partition coefficient (Wildman–Crippen LogP) is 0.479. The zero-order chi connectivity index (χ0) is 8.20. The zero-order valence-corrected chi connectivity index (χ0v) is 6.05. The smallest absolute Gasteiger partial charge is 0.404 e. The van der Waals surface area contributed by atoms with Crippen LogP contribution in [0.2, 0.25) is 0 Å². The fourth-order valence-electron chi connectivity index (χ4n) is 0.345. The van der Waals surface area contributed by atoms with Crippen molar-refractivity contribution in [2.24, 2.45) is 5.41 Å². The van der Waals surface area contributed by atoms with Gasteiger partial charge in [0.15, 0.2) is 0 Å². The van der Waals surface area contributed by atoms with Crippen molar-refractivity contribution < 1.29 is 14.7 Å². The highest BCUT2D eigenvalue weighted by Crippen LogP contribution is 2.07. The second-order valence-corrected chi connectivity index (χ2v) is 2.77. The van der Waals surface area contributed by atoms with E-state index in [1.165, 1.54) is 0 Å². The molecule has 0 rings (SSSR count). The van der Waals surface area contributed by atoms with E-state index in [-0.39, 0.29) is 6.54 Å². The summed E-state index contributed by atoms with van der Waals surface area (Å²) in [5.74, 6) is 0. The first-order valence-electron chi connectivity index (χ1n) is 2.91. The number of hydrogen-bond acceptors (Lipinski definition) is 2. The van der Waals surface area contributed by atoms with Crippen LogP contribution in [-0.2, 0) is 4.79 Å². The predicted molar refractivity (Wildman–Crippen MR) is 35.9 cm³/mol. The van der Waals surface area contributed by atoms with Crippen molar-refractivity contribution in [2.75, 3.05) is 6.54 Å². The third kappa shape index (κ3) is 3.88. The molecule has 0 saturated carbocycles. The molecule has 58 valence electrons. The molecule has 2 N–H and O–H groups in total. The Hall–Kier alpha value is -1.06. The number of amides is 1. The van der Waals surface area contributed by atoms with Gasteiger partial charge in [-0.05, 0) is 0 Å². The number of hydrogen-bond donors (Lipinski definition) is 2. The Bertz CT molecular complexity index is 142. The third-order valence-electron chi connectivity index (χ3n) is 1.01. The first-order valence-corrected chi connectivity index (χ1v) is 2.91. The van der Waals surface area contributed by atoms with Gasteiger partial charge in [0.25, 0.3) is 0 Å². The molecule has 0 atom stereocenters. The maximum absolute atomic E-state index is 10.2. The van der Waals surface area contributed by atoms with Crippen molar-refractivity contribution >= 4 is 12.4 Å². The average molecular weight is 145 g/mol. The number of carbonyl (C=O) groups excluding carboxylic acids is 1. The summed E-state index contributed by atoms with van der Waals surface area (Å²) in [5, 5.41) is 10.3. The molecule has 0 aliphatic rings. The molecule has 0 aromatic carbocycles. The van der Waals surface area contributed by atoms with Crippen LogP contribution in [0.1, 0.15) is 13.8 Å². The standard InChI is InChI=1S/C6H11NO3/c1-6(2,4-8)3-7-5(9)10/h4,7H,3H2,1-2H3,(H,9,10). The van der Waals surface area contributed by atoms with Gasteiger partial charge in [-0.25, -0.2) is 4.79 Å². The fourth-order valence-corrected chi connectivity index (χ4v) is 0.345. The Labute approximate surface area is 59.2 Å². The fraction of sp³-hybridized carbons (Fsp3) is 0.667. The molecular weight excluding hydrogens is 134 g/mol. The van der Waals surface area contributed by atoms with Crippen LogP contribution in [0.3, 0.4) is 0 Å². The second kappa shape index (κ2) is 3.20. The quantitative estimate of drug-likeness (QED) is 0.567. The molecule has 0 fully saturated rings. The first kappa shape index (κ1) is 8.94. The molecule has 4 nitrogen and oxygen atoms in total. The van der Waals surface area contributed by atoms with Crippen LogP contribution in [0, 0.1) is 5.41 Å². The summed E-state index contributed by atoms with van der Waals surface area (Å²) >= 11 is 0. The Kier molecular flexibility index (Phi) is 2.86. The molecule has 0 aliphatic heterocycles. The van der Waals surface area contributed by atoms with Crippen molar-refractivity contribution in [2.45, 2.75) is 13.8 Å². The summed E-state index contributed by atoms with van der Waals surface area (Å²) in [6.07, 6.45) is -0.377. The van der Waals surface area contributed by atoms with E-state index in [0.717, 1.165) is 6.29 Å². The molecule has 0 aromatic rings. The molecule has 0 saturated heterocycles. The van der Waals surface area contributed by atoms with Gasteiger partial charge in [-0.15, -0.1) is 0 Å². The van der Waals surface area contributed by atoms with Gasteiger partial charge in [0.05, 0.1) is 0 Å². The summed E-state index contributed by atoms with van der Waals surface area (Å²) in [7, 11) is 0. The van der Waals surface area contributed by atoms with E-state index < -0.39 is 11.5 Å². The van der Waals surface area contributed by atoms with Gasteiger partial charge in [-0.3, -0.25) is 0 Å². The summed E-state index contributed by atoms with van der Waals surface area (Å²) in [6, 6.07) is 0. The SMILES string of the molecule is CC(C)(C=O)CNC(=O)O. The van der Waals surface area contributed by atoms with E-state index in [4.69, 9.17) is 5.11 Å². The van der Waals surface area contributed by atoms with Crippen molar-refractivity contribution in [3.63, 3.8) is 0 Å². The molecule has 0 aliphatic carbocycles. The van der Waals surface area contributed by atoms with Crippen LogP contribution in [0.4, 0.5) is 4.79 Å². The number of nitrogens with one attached hydrogen (secondary N) is 1. The monoisotopic (exact) mass is 145 g/mol. The lowest BCUT2D eigenvalue weighted by Crippen LogP contribution is -2.33. The maximum Gasteiger partial charge on any atom is 0.404 e. The molecule has 0 aromatic heterocycles. The van der Waals surface area contributed by atoms with Crippen molar-refractivity contribution in [1.29, 1.82) is 0 Å². The van der Waals surface area contributed by atoms with Gasteiger partial charge in [-0.2, -0.15) is 0 Å². The van der Waals surface area contributed by atoms with E-state index >= 15 is 0 Å². The average Bonchev–Trinajstić information content (AvgIpc) is 1.85. The van der Waals surface area contributed by atoms with Gasteiger partial charge in [-0.1, -0.05) is 13.8 Å². The largest absolute Gasteiger partial charge is 0.465 e. The van der Waals surface area contributed by atoms with E-state index in [1.54, 1.807) is 13.8 Å². The minimum atomic E-state index is -1.10. The van der Waals surface area contributed by atoms with Gasteiger partial charge < -0.3 is 15.2 Å². The maximum atomic E-state index is 10.2. The lowest BCUT2D eigenvalue weighted by molar-refractivity contribution is -0.114. The highest BCUT2D eigenvalue weighted by molar-refractivity contribution is 5.66. The summed E-state index contributed by atoms with van der Waals surface area (Å²) in [5.41, 5.74) is -0.599. The van der Waals surface area contributed by atoms with E-state index in [0.29, 0.717) is 0 Å². The molecule has 4 heteroatoms. The Balaban J connectivity index is 3.67. The van der Waals surface area contributed by atoms with Crippen molar-refractivity contribution in [1.82, 2.24) is 5.32 Å². The van der Waals surface area contributed by atoms with Crippen molar-refractivity contribution in [3.8, 4) is 0 Å². The summed E-state index contributed by atoms with van der Waals surface area (Å²) in [4.78, 5) is 20.1. The third-order valence-corrected chi connectivity index (χ3v) is 1.01. The molecular formula is C6H11NO3. The normalized spacial score (nSPS) is 10.6. The number of aldehydes is 1. The van der Waals surface area contributed by atoms with Gasteiger partial charge in [0.1, 0.15) is 6.29 Å². The number of carbonyl (C=O) groups is 2. The first-order chi connectivity index (χ1) is 4.48. The topological polar surface area (TPSA) is 66.4 Å². The van der Waals surface area contributed by atoms with E-state index in [1.807, 2.05) is 0 Å². The molecule has 0 heterocycles. The Morgan fingerprint density at radius 1 is 1.70 bits per heavy atom.